The van der Waals surface area contributed by atoms with Gasteiger partial charge in [-0.25, -0.2) is 27.8 Å². The predicted molar refractivity (Wildman–Crippen MR) is 129 cm³/mol. The number of aromatic nitrogens is 3. The number of sulfonamides is 1. The number of hydrogen-bond donors (Lipinski definition) is 1. The molecule has 7 nitrogen and oxygen atoms in total. The van der Waals surface area contributed by atoms with E-state index in [9.17, 15) is 8.42 Å². The summed E-state index contributed by atoms with van der Waals surface area (Å²) in [5.41, 5.74) is 1.20. The van der Waals surface area contributed by atoms with Crippen molar-refractivity contribution in [1.82, 2.24) is 15.0 Å². The maximum atomic E-state index is 15.7. The van der Waals surface area contributed by atoms with Crippen molar-refractivity contribution in [1.29, 1.82) is 0 Å². The van der Waals surface area contributed by atoms with Gasteiger partial charge in [-0.15, -0.1) is 11.3 Å². The second-order valence-corrected chi connectivity index (χ2v) is 11.0. The van der Waals surface area contributed by atoms with Crippen LogP contribution in [-0.4, -0.2) is 23.4 Å². The number of halogens is 1. The molecule has 4 aromatic rings. The molecule has 0 unspecified atom stereocenters. The molecule has 1 fully saturated rings. The number of aryl methyl sites for hydroxylation is 1. The van der Waals surface area contributed by atoms with Gasteiger partial charge in [0.15, 0.2) is 5.82 Å². The topological polar surface area (TPSA) is 98.0 Å². The third-order valence-electron chi connectivity index (χ3n) is 5.91. The second-order valence-electron chi connectivity index (χ2n) is 8.29. The fourth-order valence-electron chi connectivity index (χ4n) is 4.20. The molecule has 1 N–H and O–H groups in total. The zero-order chi connectivity index (χ0) is 23.7. The van der Waals surface area contributed by atoms with Gasteiger partial charge in [0.25, 0.3) is 10.0 Å². The number of anilines is 1. The summed E-state index contributed by atoms with van der Waals surface area (Å²) in [5.74, 6) is 0.250. The third-order valence-corrected chi connectivity index (χ3v) is 8.49. The molecule has 1 aliphatic carbocycles. The summed E-state index contributed by atoms with van der Waals surface area (Å²) < 4.78 is 48.2. The van der Waals surface area contributed by atoms with Gasteiger partial charge in [-0.2, -0.15) is 0 Å². The number of thiazole rings is 1. The van der Waals surface area contributed by atoms with Crippen molar-refractivity contribution in [2.75, 3.05) is 4.72 Å². The van der Waals surface area contributed by atoms with Crippen LogP contribution in [0.4, 0.5) is 10.1 Å². The molecular formula is C24H23FN4O3S2. The molecule has 0 saturated heterocycles. The maximum Gasteiger partial charge on any atom is 0.265 e. The Labute approximate surface area is 201 Å². The van der Waals surface area contributed by atoms with E-state index in [1.165, 1.54) is 36.2 Å². The Kier molecular flexibility index (Phi) is 6.18. The van der Waals surface area contributed by atoms with Crippen LogP contribution in [-0.2, 0) is 10.0 Å². The molecule has 0 spiro atoms. The van der Waals surface area contributed by atoms with E-state index in [1.807, 2.05) is 0 Å². The third kappa shape index (κ3) is 4.47. The normalized spacial score (nSPS) is 14.9. The van der Waals surface area contributed by atoms with Crippen LogP contribution in [0.25, 0.3) is 21.8 Å². The van der Waals surface area contributed by atoms with Crippen LogP contribution in [0.5, 0.6) is 0 Å². The highest BCUT2D eigenvalue weighted by atomic mass is 32.2. The molecule has 1 aliphatic rings. The summed E-state index contributed by atoms with van der Waals surface area (Å²) in [5, 5.41) is 0.963. The lowest BCUT2D eigenvalue weighted by Gasteiger charge is -2.18. The number of nitrogens with zero attached hydrogens (tertiary/aromatic N) is 3. The van der Waals surface area contributed by atoms with Crippen LogP contribution >= 0.6 is 11.3 Å². The highest BCUT2D eigenvalue weighted by Crippen LogP contribution is 2.43. The number of nitrogens with one attached hydrogen (secondary N) is 1. The summed E-state index contributed by atoms with van der Waals surface area (Å²) in [6.45, 7) is 1.80. The lowest BCUT2D eigenvalue weighted by molar-refractivity contribution is 0.442. The SMILES string of the molecule is Cc1nccc(-c2sc(C3CCCCC3)nc2-c2cccc(NS(=O)(=O)c3ccoc3)c2F)n1. The van der Waals surface area contributed by atoms with Gasteiger partial charge in [0.2, 0.25) is 0 Å². The molecule has 1 saturated carbocycles. The Morgan fingerprint density at radius 1 is 1.12 bits per heavy atom. The average molecular weight is 499 g/mol. The van der Waals surface area contributed by atoms with Crippen molar-refractivity contribution in [3.8, 4) is 21.8 Å². The van der Waals surface area contributed by atoms with Gasteiger partial charge in [0, 0.05) is 17.7 Å². The first-order valence-corrected chi connectivity index (χ1v) is 13.4. The van der Waals surface area contributed by atoms with Gasteiger partial charge in [-0.1, -0.05) is 25.3 Å². The number of furan rings is 1. The quantitative estimate of drug-likeness (QED) is 0.342. The largest absolute Gasteiger partial charge is 0.471 e. The highest BCUT2D eigenvalue weighted by molar-refractivity contribution is 7.92. The van der Waals surface area contributed by atoms with E-state index >= 15 is 4.39 Å². The lowest BCUT2D eigenvalue weighted by Crippen LogP contribution is -2.13. The van der Waals surface area contributed by atoms with Gasteiger partial charge < -0.3 is 4.42 Å². The van der Waals surface area contributed by atoms with Crippen LogP contribution in [0.2, 0.25) is 0 Å². The minimum Gasteiger partial charge on any atom is -0.471 e. The Bertz CT molecular complexity index is 1410. The molecule has 3 aromatic heterocycles. The number of benzene rings is 1. The van der Waals surface area contributed by atoms with Crippen molar-refractivity contribution in [2.24, 2.45) is 0 Å². The second kappa shape index (κ2) is 9.27. The monoisotopic (exact) mass is 498 g/mol. The molecule has 0 aliphatic heterocycles. The van der Waals surface area contributed by atoms with Crippen molar-refractivity contribution >= 4 is 27.0 Å². The molecule has 5 rings (SSSR count). The van der Waals surface area contributed by atoms with Crippen LogP contribution in [0, 0.1) is 12.7 Å². The van der Waals surface area contributed by atoms with Crippen molar-refractivity contribution in [3.05, 3.63) is 65.7 Å². The van der Waals surface area contributed by atoms with Crippen molar-refractivity contribution in [3.63, 3.8) is 0 Å². The highest BCUT2D eigenvalue weighted by Gasteiger charge is 2.26. The van der Waals surface area contributed by atoms with Crippen LogP contribution in [0.15, 0.2) is 58.4 Å². The van der Waals surface area contributed by atoms with Gasteiger partial charge in [0.05, 0.1) is 33.2 Å². The van der Waals surface area contributed by atoms with Gasteiger partial charge in [0.1, 0.15) is 17.0 Å². The van der Waals surface area contributed by atoms with E-state index in [4.69, 9.17) is 9.40 Å². The lowest BCUT2D eigenvalue weighted by atomic mass is 9.90. The first-order chi connectivity index (χ1) is 16.4. The maximum absolute atomic E-state index is 15.7. The van der Waals surface area contributed by atoms with E-state index in [2.05, 4.69) is 14.7 Å². The Morgan fingerprint density at radius 2 is 1.94 bits per heavy atom. The number of hydrogen-bond acceptors (Lipinski definition) is 7. The van der Waals surface area contributed by atoms with E-state index in [0.717, 1.165) is 41.8 Å². The van der Waals surface area contributed by atoms with Crippen LogP contribution in [0.1, 0.15) is 48.9 Å². The zero-order valence-corrected chi connectivity index (χ0v) is 20.1. The zero-order valence-electron chi connectivity index (χ0n) is 18.5. The first-order valence-electron chi connectivity index (χ1n) is 11.1. The molecule has 0 atom stereocenters. The van der Waals surface area contributed by atoms with Crippen LogP contribution < -0.4 is 4.72 Å². The Hall–Kier alpha value is -3.11. The summed E-state index contributed by atoms with van der Waals surface area (Å²) in [6.07, 6.45) is 9.66. The molecule has 3 heterocycles. The van der Waals surface area contributed by atoms with Crippen molar-refractivity contribution in [2.45, 2.75) is 49.8 Å². The molecule has 10 heteroatoms. The molecule has 0 amide bonds. The first kappa shape index (κ1) is 22.7. The molecule has 34 heavy (non-hydrogen) atoms. The average Bonchev–Trinajstić information content (AvgIpc) is 3.52. The van der Waals surface area contributed by atoms with E-state index in [1.54, 1.807) is 31.3 Å². The summed E-state index contributed by atoms with van der Waals surface area (Å²) in [6, 6.07) is 7.70. The molecule has 0 radical (unpaired) electrons. The minimum atomic E-state index is -3.99. The number of rotatable bonds is 6. The Morgan fingerprint density at radius 3 is 2.68 bits per heavy atom. The van der Waals surface area contributed by atoms with Gasteiger partial charge in [-0.05, 0) is 44.0 Å². The minimum absolute atomic E-state index is 0.0808. The van der Waals surface area contributed by atoms with E-state index in [-0.39, 0.29) is 16.1 Å². The fraction of sp³-hybridized carbons (Fsp3) is 0.292. The summed E-state index contributed by atoms with van der Waals surface area (Å²) in [4.78, 5) is 14.3. The molecular weight excluding hydrogens is 475 g/mol. The Balaban J connectivity index is 1.60. The fourth-order valence-corrected chi connectivity index (χ4v) is 6.40. The molecule has 1 aromatic carbocycles. The standard InChI is InChI=1S/C24H23FN4O3S2/c1-15-26-12-10-20(27-15)23-22(28-24(33-23)16-6-3-2-4-7-16)18-8-5-9-19(21(18)25)29-34(30,31)17-11-13-32-14-17/h5,8-14,16,29H,2-4,6-7H2,1H3. The molecule has 176 valence electrons. The van der Waals surface area contributed by atoms with Crippen LogP contribution in [0.3, 0.4) is 0 Å². The smallest absolute Gasteiger partial charge is 0.265 e. The molecule has 0 bridgehead atoms. The van der Waals surface area contributed by atoms with E-state index < -0.39 is 15.8 Å². The van der Waals surface area contributed by atoms with E-state index in [0.29, 0.717) is 23.1 Å². The van der Waals surface area contributed by atoms with Crippen molar-refractivity contribution < 1.29 is 17.2 Å². The van der Waals surface area contributed by atoms with Gasteiger partial charge >= 0.3 is 0 Å². The summed E-state index contributed by atoms with van der Waals surface area (Å²) in [7, 11) is -3.99. The summed E-state index contributed by atoms with van der Waals surface area (Å²) >= 11 is 1.53. The predicted octanol–water partition coefficient (Wildman–Crippen LogP) is 6.16. The van der Waals surface area contributed by atoms with Gasteiger partial charge in [-0.3, -0.25) is 4.72 Å².